The highest BCUT2D eigenvalue weighted by Gasteiger charge is 2.64. The second kappa shape index (κ2) is 61.1. The number of allylic oxidation sites excluding steroid dienone is 1. The fraction of sp³-hybridized carbons (Fsp3) is 0.909. The summed E-state index contributed by atoms with van der Waals surface area (Å²) in [7, 11) is 0. The lowest BCUT2D eigenvalue weighted by Gasteiger charge is -2.53. The van der Waals surface area contributed by atoms with Crippen molar-refractivity contribution in [2.45, 2.75) is 446 Å². The summed E-state index contributed by atoms with van der Waals surface area (Å²) in [5, 5.41) is 267. The van der Waals surface area contributed by atoms with Crippen molar-refractivity contribution in [2.75, 3.05) is 59.5 Å². The number of amides is 4. The zero-order valence-corrected chi connectivity index (χ0v) is 76.7. The fourth-order valence-corrected chi connectivity index (χ4v) is 17.6. The van der Waals surface area contributed by atoms with Crippen molar-refractivity contribution < 1.29 is 203 Å². The van der Waals surface area contributed by atoms with Crippen LogP contribution in [0.4, 0.5) is 0 Å². The summed E-state index contributed by atoms with van der Waals surface area (Å²) in [5.41, 5.74) is 0. The van der Waals surface area contributed by atoms with Crippen molar-refractivity contribution in [3.8, 4) is 0 Å². The van der Waals surface area contributed by atoms with Gasteiger partial charge >= 0.3 is 11.9 Å². The molecule has 0 spiro atoms. The van der Waals surface area contributed by atoms with Crippen LogP contribution in [0.1, 0.15) is 239 Å². The van der Waals surface area contributed by atoms with Crippen LogP contribution < -0.4 is 21.3 Å². The van der Waals surface area contributed by atoms with Crippen molar-refractivity contribution >= 4 is 35.6 Å². The van der Waals surface area contributed by atoms with Gasteiger partial charge in [-0.1, -0.05) is 206 Å². The van der Waals surface area contributed by atoms with E-state index in [9.17, 15) is 146 Å². The summed E-state index contributed by atoms with van der Waals surface area (Å²) < 4.78 is 72.2. The van der Waals surface area contributed by atoms with Gasteiger partial charge < -0.3 is 196 Å². The van der Waals surface area contributed by atoms with Gasteiger partial charge in [0.1, 0.15) is 147 Å². The van der Waals surface area contributed by atoms with Crippen LogP contribution in [0.15, 0.2) is 12.2 Å². The molecule has 6 fully saturated rings. The van der Waals surface area contributed by atoms with E-state index >= 15 is 0 Å². The maximum Gasteiger partial charge on any atom is 0.364 e. The molecule has 774 valence electrons. The molecule has 0 bridgehead atoms. The zero-order chi connectivity index (χ0) is 98.1. The van der Waals surface area contributed by atoms with Crippen molar-refractivity contribution in [2.24, 2.45) is 0 Å². The SMILES string of the molecule is CCCCCCCCCCCCC/C=C/[C@@H](O)[C@H](CO[C@@H]1OC(CO)[C@@H](O[C@@H]2OC(CO)[C@H](O[C@@H]3OC(CO)[C@H](O)[C@H](O[C@@H]4OC(CO)[C@H](O)[C@H](O[C@]5(C(=O)O)CC(O)[C@@H](NC(=O)CO)C([C@H](O)[C@H](O)CO)O5)C4O)C3NC(C)=O)[C@H](O[C@]3(C(=O)O)CC(O)[C@@H](NC(=O)CO)C([C@H](O)[C@H](O)CO)O3)C2O)[C@H](O)C1O)NC(=O)CCCCCCCCCCCCCCCCCCCCC. The number of aliphatic hydroxyl groups excluding tert-OH is 21. The minimum Gasteiger partial charge on any atom is -0.477 e. The number of nitrogens with one attached hydrogen (secondary N) is 4. The molecular formula is C88H156N4O41. The van der Waals surface area contributed by atoms with Crippen LogP contribution in [0.2, 0.25) is 0 Å². The van der Waals surface area contributed by atoms with E-state index < -0.39 is 315 Å². The number of carboxylic acid groups (broad SMARTS) is 2. The van der Waals surface area contributed by atoms with E-state index in [-0.39, 0.29) is 6.42 Å². The normalized spacial score (nSPS) is 34.1. The Bertz CT molecular complexity index is 3320. The highest BCUT2D eigenvalue weighted by molar-refractivity contribution is 5.79. The van der Waals surface area contributed by atoms with E-state index in [0.717, 1.165) is 71.1 Å². The number of hydrogen-bond donors (Lipinski definition) is 27. The first-order valence-electron chi connectivity index (χ1n) is 47.6. The van der Waals surface area contributed by atoms with Gasteiger partial charge in [0.15, 0.2) is 25.2 Å². The van der Waals surface area contributed by atoms with Gasteiger partial charge in [0.05, 0.1) is 82.7 Å². The molecule has 45 heteroatoms. The number of rotatable bonds is 65. The molecule has 6 aliphatic heterocycles. The molecule has 27 N–H and O–H groups in total. The first kappa shape index (κ1) is 117. The van der Waals surface area contributed by atoms with E-state index in [1.807, 2.05) is 0 Å². The van der Waals surface area contributed by atoms with Crippen molar-refractivity contribution in [1.29, 1.82) is 0 Å². The highest BCUT2D eigenvalue weighted by Crippen LogP contribution is 2.43. The van der Waals surface area contributed by atoms with Gasteiger partial charge in [-0.2, -0.15) is 0 Å². The molecule has 0 aromatic heterocycles. The maximum absolute atomic E-state index is 14.1. The predicted molar refractivity (Wildman–Crippen MR) is 461 cm³/mol. The average Bonchev–Trinajstić information content (AvgIpc) is 0.744. The number of unbranched alkanes of at least 4 members (excludes halogenated alkanes) is 29. The summed E-state index contributed by atoms with van der Waals surface area (Å²) in [5.74, 6) is -15.5. The van der Waals surface area contributed by atoms with Gasteiger partial charge in [0.2, 0.25) is 23.6 Å². The number of hydrogen-bond acceptors (Lipinski definition) is 39. The molecule has 45 nitrogen and oxygen atoms in total. The molecule has 6 aliphatic rings. The Morgan fingerprint density at radius 1 is 0.398 bits per heavy atom. The molecule has 6 heterocycles. The smallest absolute Gasteiger partial charge is 0.364 e. The maximum atomic E-state index is 14.1. The van der Waals surface area contributed by atoms with Gasteiger partial charge in [-0.05, 0) is 19.3 Å². The van der Waals surface area contributed by atoms with Crippen LogP contribution in [-0.4, -0.2) is 420 Å². The number of carbonyl (C=O) groups excluding carboxylic acids is 4. The minimum absolute atomic E-state index is 0.0844. The topological polar surface area (TPSA) is 727 Å². The van der Waals surface area contributed by atoms with Gasteiger partial charge in [0.25, 0.3) is 11.6 Å². The monoisotopic (exact) mass is 1930 g/mol. The van der Waals surface area contributed by atoms with Crippen LogP contribution >= 0.6 is 0 Å². The van der Waals surface area contributed by atoms with E-state index in [1.165, 1.54) is 128 Å². The quantitative estimate of drug-likeness (QED) is 0.0202. The third-order valence-electron chi connectivity index (χ3n) is 25.3. The second-order valence-corrected chi connectivity index (χ2v) is 35.7. The number of ether oxygens (including phenoxy) is 12. The standard InChI is InChI=1S/C88H156N4O41/c1-4-6-8-10-12-14-16-18-19-20-21-22-23-25-27-29-31-33-35-37-60(107)90-50(51(102)36-34-32-30-28-26-24-17-15-13-11-9-7-5-2)48-122-82-71(115)70(114)74(58(44-97)125-82)127-84-73(117)80(133-88(86(120)121)39-53(104)64(92-62(109)47-100)78(131-88)67(111)55(106)41-94)75(59(45-98)126-84)128-81-65(89-49(3)101)76(68(112)56(42-95)123-81)129-83-72(116)79(69(113)57(43-96)124-83)132-87(85(118)119)38-52(103)63(91-61(108)46-99)77(130-87)66(110)54(105)40-93/h34,36,50-59,63-84,93-100,102-106,110-117H,4-33,35,37-48H2,1-3H3,(H,89,101)(H,90,107)(H,91,108)(H,92,109)(H,118,119)(H,120,121)/b36-34+/t50-,51+,52?,53?,54+,55+,56?,57?,58?,59?,63+,64+,65?,66+,67+,68-,69-,70+,71?,72?,73?,74+,75-,76+,77?,78?,79-,80+,81-,82+,83-,84-,87-,88-/m0/s1. The lowest BCUT2D eigenvalue weighted by Crippen LogP contribution is -2.72. The van der Waals surface area contributed by atoms with E-state index in [1.54, 1.807) is 6.08 Å². The Hall–Kier alpha value is -4.76. The molecule has 6 rings (SSSR count). The highest BCUT2D eigenvalue weighted by atomic mass is 16.8. The molecule has 0 saturated carbocycles. The van der Waals surface area contributed by atoms with Crippen molar-refractivity contribution in [3.63, 3.8) is 0 Å². The molecular weight excluding hydrogens is 1770 g/mol. The van der Waals surface area contributed by atoms with Gasteiger partial charge in [0, 0.05) is 26.2 Å². The summed E-state index contributed by atoms with van der Waals surface area (Å²) in [6.07, 6.45) is -28.7. The molecule has 133 heavy (non-hydrogen) atoms. The van der Waals surface area contributed by atoms with Crippen LogP contribution in [0.25, 0.3) is 0 Å². The molecule has 0 aliphatic carbocycles. The van der Waals surface area contributed by atoms with Crippen LogP contribution in [0.3, 0.4) is 0 Å². The molecule has 34 atom stereocenters. The summed E-state index contributed by atoms with van der Waals surface area (Å²) in [6, 6.07) is -7.32. The molecule has 0 radical (unpaired) electrons. The number of carbonyl (C=O) groups is 6. The minimum atomic E-state index is -3.57. The van der Waals surface area contributed by atoms with Crippen LogP contribution in [-0.2, 0) is 85.6 Å². The van der Waals surface area contributed by atoms with E-state index in [2.05, 4.69) is 35.1 Å². The Morgan fingerprint density at radius 2 is 0.767 bits per heavy atom. The Morgan fingerprint density at radius 3 is 1.18 bits per heavy atom. The van der Waals surface area contributed by atoms with E-state index in [4.69, 9.17) is 56.8 Å². The van der Waals surface area contributed by atoms with Gasteiger partial charge in [-0.15, -0.1) is 0 Å². The largest absolute Gasteiger partial charge is 0.477 e. The summed E-state index contributed by atoms with van der Waals surface area (Å²) in [6.45, 7) is -5.53. The van der Waals surface area contributed by atoms with Crippen LogP contribution in [0, 0.1) is 0 Å². The molecule has 0 aromatic rings. The van der Waals surface area contributed by atoms with Gasteiger partial charge in [-0.3, -0.25) is 19.2 Å². The zero-order valence-electron chi connectivity index (χ0n) is 76.7. The third kappa shape index (κ3) is 35.2. The summed E-state index contributed by atoms with van der Waals surface area (Å²) >= 11 is 0. The van der Waals surface area contributed by atoms with Crippen LogP contribution in [0.5, 0.6) is 0 Å². The summed E-state index contributed by atoms with van der Waals surface area (Å²) in [4.78, 5) is 80.0. The third-order valence-corrected chi connectivity index (χ3v) is 25.3. The van der Waals surface area contributed by atoms with Crippen molar-refractivity contribution in [3.05, 3.63) is 12.2 Å². The first-order valence-corrected chi connectivity index (χ1v) is 47.6. The second-order valence-electron chi connectivity index (χ2n) is 35.7. The number of carboxylic acids is 2. The predicted octanol–water partition coefficient (Wildman–Crippen LogP) is -4.36. The number of aliphatic hydroxyl groups is 21. The lowest BCUT2D eigenvalue weighted by molar-refractivity contribution is -0.405. The molecule has 0 aromatic carbocycles. The molecule has 12 unspecified atom stereocenters. The average molecular weight is 1930 g/mol. The Balaban J connectivity index is 1.28. The van der Waals surface area contributed by atoms with Gasteiger partial charge in [-0.25, -0.2) is 9.59 Å². The number of aliphatic carboxylic acids is 2. The Kier molecular flexibility index (Phi) is 53.7. The van der Waals surface area contributed by atoms with E-state index in [0.29, 0.717) is 12.8 Å². The lowest BCUT2D eigenvalue weighted by atomic mass is 9.88. The molecule has 6 saturated heterocycles. The fourth-order valence-electron chi connectivity index (χ4n) is 17.6. The van der Waals surface area contributed by atoms with Crippen molar-refractivity contribution in [1.82, 2.24) is 21.3 Å². The first-order chi connectivity index (χ1) is 63.6. The molecule has 4 amide bonds. The Labute approximate surface area is 775 Å².